The Morgan fingerprint density at radius 3 is 2.50 bits per heavy atom. The van der Waals surface area contributed by atoms with Crippen molar-refractivity contribution in [1.82, 2.24) is 10.2 Å². The molecule has 0 aromatic rings. The summed E-state index contributed by atoms with van der Waals surface area (Å²) in [5, 5.41) is 3.89. The first-order chi connectivity index (χ1) is 9.65. The van der Waals surface area contributed by atoms with Gasteiger partial charge in [-0.2, -0.15) is 0 Å². The van der Waals surface area contributed by atoms with Crippen molar-refractivity contribution in [3.05, 3.63) is 0 Å². The molecule has 2 aliphatic carbocycles. The molecule has 116 valence electrons. The standard InChI is InChI=1S/C17H32N2O/c1-17(2,19-8-10-20-11-9-19)13-18-16-5-3-4-15(12-16)14-6-7-14/h14-16,18H,3-13H2,1-2H3. The van der Waals surface area contributed by atoms with Gasteiger partial charge in [0, 0.05) is 31.2 Å². The summed E-state index contributed by atoms with van der Waals surface area (Å²) in [6, 6.07) is 0.773. The maximum Gasteiger partial charge on any atom is 0.0594 e. The fourth-order valence-electron chi connectivity index (χ4n) is 4.08. The van der Waals surface area contributed by atoms with E-state index in [-0.39, 0.29) is 5.54 Å². The van der Waals surface area contributed by atoms with E-state index in [0.717, 1.165) is 50.7 Å². The topological polar surface area (TPSA) is 24.5 Å². The SMILES string of the molecule is CC(C)(CNC1CCCC(C2CC2)C1)N1CCOCC1. The third kappa shape index (κ3) is 3.75. The summed E-state index contributed by atoms with van der Waals surface area (Å²) >= 11 is 0. The van der Waals surface area contributed by atoms with Crippen LogP contribution in [0.1, 0.15) is 52.4 Å². The van der Waals surface area contributed by atoms with Gasteiger partial charge >= 0.3 is 0 Å². The van der Waals surface area contributed by atoms with Crippen molar-refractivity contribution < 1.29 is 4.74 Å². The third-order valence-electron chi connectivity index (χ3n) is 5.69. The van der Waals surface area contributed by atoms with Crippen LogP contribution in [0.2, 0.25) is 0 Å². The van der Waals surface area contributed by atoms with Crippen LogP contribution in [0.3, 0.4) is 0 Å². The van der Waals surface area contributed by atoms with Gasteiger partial charge in [0.1, 0.15) is 0 Å². The predicted octanol–water partition coefficient (Wildman–Crippen LogP) is 2.66. The second kappa shape index (κ2) is 6.33. The molecular weight excluding hydrogens is 248 g/mol. The molecule has 1 N–H and O–H groups in total. The largest absolute Gasteiger partial charge is 0.379 e. The first-order valence-electron chi connectivity index (χ1n) is 8.71. The molecule has 20 heavy (non-hydrogen) atoms. The van der Waals surface area contributed by atoms with Gasteiger partial charge in [-0.15, -0.1) is 0 Å². The van der Waals surface area contributed by atoms with Crippen LogP contribution in [0.5, 0.6) is 0 Å². The summed E-state index contributed by atoms with van der Waals surface area (Å²) in [5.74, 6) is 2.12. The zero-order valence-corrected chi connectivity index (χ0v) is 13.4. The maximum atomic E-state index is 5.47. The van der Waals surface area contributed by atoms with Gasteiger partial charge < -0.3 is 10.1 Å². The van der Waals surface area contributed by atoms with Crippen molar-refractivity contribution in [1.29, 1.82) is 0 Å². The van der Waals surface area contributed by atoms with Crippen molar-refractivity contribution in [3.63, 3.8) is 0 Å². The molecule has 1 heterocycles. The molecule has 0 spiro atoms. The first-order valence-corrected chi connectivity index (χ1v) is 8.71. The fourth-order valence-corrected chi connectivity index (χ4v) is 4.08. The molecule has 0 radical (unpaired) electrons. The van der Waals surface area contributed by atoms with E-state index in [1.165, 1.54) is 38.5 Å². The molecule has 1 aliphatic heterocycles. The maximum absolute atomic E-state index is 5.47. The van der Waals surface area contributed by atoms with Gasteiger partial charge in [-0.05, 0) is 51.4 Å². The molecule has 3 aliphatic rings. The van der Waals surface area contributed by atoms with Crippen LogP contribution in [0.25, 0.3) is 0 Å². The van der Waals surface area contributed by atoms with E-state index < -0.39 is 0 Å². The second-order valence-corrected chi connectivity index (χ2v) is 7.75. The van der Waals surface area contributed by atoms with Crippen molar-refractivity contribution in [2.45, 2.75) is 64.0 Å². The summed E-state index contributed by atoms with van der Waals surface area (Å²) in [6.07, 6.45) is 8.78. The van der Waals surface area contributed by atoms with E-state index in [4.69, 9.17) is 4.74 Å². The van der Waals surface area contributed by atoms with E-state index >= 15 is 0 Å². The molecule has 0 amide bonds. The molecule has 3 nitrogen and oxygen atoms in total. The number of hydrogen-bond acceptors (Lipinski definition) is 3. The third-order valence-corrected chi connectivity index (χ3v) is 5.69. The zero-order chi connectivity index (χ0) is 14.0. The molecule has 2 saturated carbocycles. The Morgan fingerprint density at radius 1 is 1.05 bits per heavy atom. The highest BCUT2D eigenvalue weighted by Crippen LogP contribution is 2.43. The summed E-state index contributed by atoms with van der Waals surface area (Å²) in [7, 11) is 0. The summed E-state index contributed by atoms with van der Waals surface area (Å²) < 4.78 is 5.47. The van der Waals surface area contributed by atoms with E-state index in [9.17, 15) is 0 Å². The number of ether oxygens (including phenoxy) is 1. The normalized spacial score (nSPS) is 33.3. The molecule has 3 heteroatoms. The molecular formula is C17H32N2O. The lowest BCUT2D eigenvalue weighted by molar-refractivity contribution is -0.0109. The second-order valence-electron chi connectivity index (χ2n) is 7.75. The highest BCUT2D eigenvalue weighted by Gasteiger charge is 2.35. The monoisotopic (exact) mass is 280 g/mol. The Morgan fingerprint density at radius 2 is 1.80 bits per heavy atom. The van der Waals surface area contributed by atoms with Crippen LogP contribution in [-0.2, 0) is 4.74 Å². The highest BCUT2D eigenvalue weighted by molar-refractivity contribution is 4.91. The lowest BCUT2D eigenvalue weighted by atomic mass is 9.82. The van der Waals surface area contributed by atoms with E-state index in [1.807, 2.05) is 0 Å². The average molecular weight is 280 g/mol. The Kier molecular flexibility index (Phi) is 4.68. The quantitative estimate of drug-likeness (QED) is 0.838. The van der Waals surface area contributed by atoms with Crippen molar-refractivity contribution >= 4 is 0 Å². The molecule has 0 aromatic carbocycles. The summed E-state index contributed by atoms with van der Waals surface area (Å²) in [5.41, 5.74) is 0.260. The molecule has 1 saturated heterocycles. The highest BCUT2D eigenvalue weighted by atomic mass is 16.5. The Balaban J connectivity index is 1.45. The van der Waals surface area contributed by atoms with Crippen LogP contribution in [0, 0.1) is 11.8 Å². The minimum atomic E-state index is 0.260. The molecule has 0 bridgehead atoms. The van der Waals surface area contributed by atoms with Gasteiger partial charge in [-0.1, -0.05) is 12.8 Å². The zero-order valence-electron chi connectivity index (χ0n) is 13.4. The number of nitrogens with zero attached hydrogens (tertiary/aromatic N) is 1. The van der Waals surface area contributed by atoms with Gasteiger partial charge in [0.05, 0.1) is 13.2 Å². The molecule has 0 aromatic heterocycles. The minimum absolute atomic E-state index is 0.260. The van der Waals surface area contributed by atoms with Crippen molar-refractivity contribution in [2.75, 3.05) is 32.8 Å². The van der Waals surface area contributed by atoms with Gasteiger partial charge in [0.15, 0.2) is 0 Å². The van der Waals surface area contributed by atoms with E-state index in [2.05, 4.69) is 24.1 Å². The Bertz CT molecular complexity index is 308. The molecule has 3 fully saturated rings. The van der Waals surface area contributed by atoms with Crippen molar-refractivity contribution in [2.24, 2.45) is 11.8 Å². The molecule has 3 rings (SSSR count). The molecule has 2 atom stereocenters. The van der Waals surface area contributed by atoms with E-state index in [1.54, 1.807) is 0 Å². The van der Waals surface area contributed by atoms with E-state index in [0.29, 0.717) is 0 Å². The number of hydrogen-bond donors (Lipinski definition) is 1. The van der Waals surface area contributed by atoms with Crippen LogP contribution in [0.4, 0.5) is 0 Å². The average Bonchev–Trinajstić information content (AvgIpc) is 3.31. The van der Waals surface area contributed by atoms with Crippen LogP contribution < -0.4 is 5.32 Å². The van der Waals surface area contributed by atoms with Gasteiger partial charge in [0.2, 0.25) is 0 Å². The smallest absolute Gasteiger partial charge is 0.0594 e. The van der Waals surface area contributed by atoms with Crippen LogP contribution in [0.15, 0.2) is 0 Å². The summed E-state index contributed by atoms with van der Waals surface area (Å²) in [6.45, 7) is 9.86. The Labute approximate surface area is 124 Å². The number of rotatable bonds is 5. The number of morpholine rings is 1. The lowest BCUT2D eigenvalue weighted by Crippen LogP contribution is -2.56. The first kappa shape index (κ1) is 14.8. The number of nitrogens with one attached hydrogen (secondary N) is 1. The lowest BCUT2D eigenvalue weighted by Gasteiger charge is -2.42. The summed E-state index contributed by atoms with van der Waals surface area (Å²) in [4.78, 5) is 2.59. The van der Waals surface area contributed by atoms with Crippen LogP contribution >= 0.6 is 0 Å². The van der Waals surface area contributed by atoms with Gasteiger partial charge in [0.25, 0.3) is 0 Å². The fraction of sp³-hybridized carbons (Fsp3) is 1.00. The Hall–Kier alpha value is -0.120. The van der Waals surface area contributed by atoms with Crippen LogP contribution in [-0.4, -0.2) is 49.3 Å². The van der Waals surface area contributed by atoms with Crippen molar-refractivity contribution in [3.8, 4) is 0 Å². The molecule has 2 unspecified atom stereocenters. The minimum Gasteiger partial charge on any atom is -0.379 e. The van der Waals surface area contributed by atoms with Gasteiger partial charge in [-0.3, -0.25) is 4.90 Å². The predicted molar refractivity (Wildman–Crippen MR) is 82.9 cm³/mol. The van der Waals surface area contributed by atoms with Gasteiger partial charge in [-0.25, -0.2) is 0 Å².